The zero-order chi connectivity index (χ0) is 33.7. The van der Waals surface area contributed by atoms with Crippen molar-refractivity contribution in [3.05, 3.63) is 202 Å². The van der Waals surface area contributed by atoms with E-state index in [2.05, 4.69) is 187 Å². The van der Waals surface area contributed by atoms with Gasteiger partial charge in [0.1, 0.15) is 5.54 Å². The van der Waals surface area contributed by atoms with Crippen LogP contribution in [0.4, 0.5) is 5.69 Å². The molecule has 3 heteroatoms. The summed E-state index contributed by atoms with van der Waals surface area (Å²) < 4.78 is 0. The number of nitrogens with zero attached hydrogens (tertiary/aromatic N) is 2. The third-order valence-electron chi connectivity index (χ3n) is 11.2. The van der Waals surface area contributed by atoms with Gasteiger partial charge in [-0.2, -0.15) is 0 Å². The summed E-state index contributed by atoms with van der Waals surface area (Å²) in [5.41, 5.74) is 19.6. The van der Waals surface area contributed by atoms with E-state index in [0.717, 1.165) is 25.7 Å². The lowest BCUT2D eigenvalue weighted by molar-refractivity contribution is 0.214. The van der Waals surface area contributed by atoms with Crippen LogP contribution in [0.3, 0.4) is 0 Å². The van der Waals surface area contributed by atoms with E-state index in [1.54, 1.807) is 0 Å². The smallest absolute Gasteiger partial charge is 0.107 e. The van der Waals surface area contributed by atoms with Crippen LogP contribution >= 0.6 is 0 Å². The van der Waals surface area contributed by atoms with Crippen LogP contribution in [0.1, 0.15) is 63.3 Å². The van der Waals surface area contributed by atoms with Crippen LogP contribution in [0.25, 0.3) is 17.2 Å². The molecule has 2 atom stereocenters. The fourth-order valence-electron chi connectivity index (χ4n) is 9.07. The molecule has 0 fully saturated rings. The lowest BCUT2D eigenvalue weighted by Gasteiger charge is -2.40. The minimum Gasteiger partial charge on any atom is -0.341 e. The monoisotopic (exact) mass is 649 g/mol. The molecule has 0 amide bonds. The normalized spacial score (nSPS) is 17.8. The Morgan fingerprint density at radius 2 is 1.26 bits per heavy atom. The van der Waals surface area contributed by atoms with Crippen molar-refractivity contribution in [3.8, 4) is 11.1 Å². The molecule has 0 spiro atoms. The Balaban J connectivity index is 1.20. The van der Waals surface area contributed by atoms with Crippen molar-refractivity contribution in [3.63, 3.8) is 0 Å². The van der Waals surface area contributed by atoms with Crippen molar-refractivity contribution < 1.29 is 0 Å². The summed E-state index contributed by atoms with van der Waals surface area (Å²) >= 11 is 0. The largest absolute Gasteiger partial charge is 0.341 e. The SMILES string of the molecule is CN(C)NC(c1ccccc1)(c1ccccc1)c1ccc2c(c1)C=C(N1c3cc(-c4ccccc4)ccc3C3c4ccccc4CCC31)CC2. The number of aryl methyl sites for hydroxylation is 2. The van der Waals surface area contributed by atoms with Crippen LogP contribution in [0, 0.1) is 0 Å². The summed E-state index contributed by atoms with van der Waals surface area (Å²) in [4.78, 5) is 2.75. The molecule has 0 radical (unpaired) electrons. The van der Waals surface area contributed by atoms with E-state index in [1.165, 1.54) is 67.0 Å². The number of nitrogens with one attached hydrogen (secondary N) is 1. The van der Waals surface area contributed by atoms with Crippen LogP contribution in [-0.2, 0) is 18.4 Å². The van der Waals surface area contributed by atoms with Gasteiger partial charge >= 0.3 is 0 Å². The van der Waals surface area contributed by atoms with Gasteiger partial charge in [-0.1, -0.05) is 140 Å². The second-order valence-electron chi connectivity index (χ2n) is 14.3. The van der Waals surface area contributed by atoms with E-state index in [0.29, 0.717) is 12.0 Å². The number of hydrazine groups is 1. The highest BCUT2D eigenvalue weighted by Gasteiger charge is 2.44. The van der Waals surface area contributed by atoms with Gasteiger partial charge in [-0.3, -0.25) is 0 Å². The van der Waals surface area contributed by atoms with Gasteiger partial charge in [-0.05, 0) is 99.5 Å². The summed E-state index contributed by atoms with van der Waals surface area (Å²) in [6.45, 7) is 0. The third kappa shape index (κ3) is 5.12. The molecule has 2 aliphatic carbocycles. The van der Waals surface area contributed by atoms with Gasteiger partial charge < -0.3 is 4.90 Å². The molecular formula is C47H43N3. The van der Waals surface area contributed by atoms with Gasteiger partial charge in [0.05, 0.1) is 0 Å². The predicted molar refractivity (Wildman–Crippen MR) is 207 cm³/mol. The lowest BCUT2D eigenvalue weighted by Crippen LogP contribution is -2.51. The number of allylic oxidation sites excluding steroid dienone is 1. The number of hydrogen-bond acceptors (Lipinski definition) is 3. The van der Waals surface area contributed by atoms with E-state index < -0.39 is 5.54 Å². The number of hydrogen-bond donors (Lipinski definition) is 1. The molecule has 1 aliphatic heterocycles. The highest BCUT2D eigenvalue weighted by molar-refractivity contribution is 5.79. The average molecular weight is 650 g/mol. The van der Waals surface area contributed by atoms with E-state index in [1.807, 2.05) is 0 Å². The Hall–Kier alpha value is -5.22. The molecule has 6 aromatic carbocycles. The molecule has 1 heterocycles. The van der Waals surface area contributed by atoms with Crippen molar-refractivity contribution in [1.29, 1.82) is 0 Å². The summed E-state index contributed by atoms with van der Waals surface area (Å²) in [5, 5.41) is 2.09. The van der Waals surface area contributed by atoms with E-state index in [9.17, 15) is 0 Å². The first-order chi connectivity index (χ1) is 24.6. The van der Waals surface area contributed by atoms with Gasteiger partial charge in [-0.15, -0.1) is 0 Å². The van der Waals surface area contributed by atoms with Gasteiger partial charge in [-0.25, -0.2) is 10.4 Å². The Morgan fingerprint density at radius 1 is 0.580 bits per heavy atom. The van der Waals surface area contributed by atoms with Gasteiger partial charge in [0.25, 0.3) is 0 Å². The van der Waals surface area contributed by atoms with Crippen molar-refractivity contribution in [1.82, 2.24) is 10.4 Å². The maximum atomic E-state index is 3.90. The van der Waals surface area contributed by atoms with Crippen molar-refractivity contribution in [2.75, 3.05) is 19.0 Å². The van der Waals surface area contributed by atoms with Crippen LogP contribution in [-0.4, -0.2) is 25.1 Å². The Labute approximate surface area is 296 Å². The molecule has 246 valence electrons. The maximum absolute atomic E-state index is 3.90. The molecule has 50 heavy (non-hydrogen) atoms. The van der Waals surface area contributed by atoms with Crippen LogP contribution < -0.4 is 10.3 Å². The lowest BCUT2D eigenvalue weighted by atomic mass is 9.76. The van der Waals surface area contributed by atoms with E-state index in [4.69, 9.17) is 0 Å². The van der Waals surface area contributed by atoms with Crippen molar-refractivity contribution in [2.24, 2.45) is 0 Å². The first kappa shape index (κ1) is 30.8. The highest BCUT2D eigenvalue weighted by Crippen LogP contribution is 2.53. The second kappa shape index (κ2) is 12.6. The minimum atomic E-state index is -0.560. The van der Waals surface area contributed by atoms with Crippen LogP contribution in [0.2, 0.25) is 0 Å². The Kier molecular flexibility index (Phi) is 7.76. The number of anilines is 1. The molecule has 3 aliphatic rings. The topological polar surface area (TPSA) is 18.5 Å². The van der Waals surface area contributed by atoms with E-state index in [-0.39, 0.29) is 0 Å². The molecular weight excluding hydrogens is 607 g/mol. The molecule has 0 saturated heterocycles. The van der Waals surface area contributed by atoms with E-state index >= 15 is 0 Å². The molecule has 0 bridgehead atoms. The fourth-order valence-corrected chi connectivity index (χ4v) is 9.07. The number of fused-ring (bicyclic) bond motifs is 6. The zero-order valence-corrected chi connectivity index (χ0v) is 28.9. The molecule has 1 N–H and O–H groups in total. The standard InChI is InChI=1S/C47H43N3/c1-49(2)48-47(38-17-8-4-9-18-38,39-19-10-5-11-20-39)40-26-22-34-23-27-41(31-37(34)30-40)50-44-29-25-35-16-12-13-21-42(35)46(44)43-28-24-36(32-45(43)50)33-14-6-3-7-15-33/h3-22,24,26,28,30-32,44,46,48H,23,25,27,29H2,1-2H3. The summed E-state index contributed by atoms with van der Waals surface area (Å²) in [7, 11) is 4.18. The fraction of sp³-hybridized carbons (Fsp3) is 0.191. The van der Waals surface area contributed by atoms with Crippen molar-refractivity contribution in [2.45, 2.75) is 43.2 Å². The minimum absolute atomic E-state index is 0.376. The molecule has 6 aromatic rings. The highest BCUT2D eigenvalue weighted by atomic mass is 15.5. The number of benzene rings is 6. The van der Waals surface area contributed by atoms with Gasteiger partial charge in [0, 0.05) is 37.4 Å². The maximum Gasteiger partial charge on any atom is 0.107 e. The van der Waals surface area contributed by atoms with Gasteiger partial charge in [0.2, 0.25) is 0 Å². The van der Waals surface area contributed by atoms with Crippen LogP contribution in [0.15, 0.2) is 157 Å². The van der Waals surface area contributed by atoms with Crippen molar-refractivity contribution >= 4 is 11.8 Å². The third-order valence-corrected chi connectivity index (χ3v) is 11.2. The second-order valence-corrected chi connectivity index (χ2v) is 14.3. The molecule has 0 aromatic heterocycles. The summed E-state index contributed by atoms with van der Waals surface area (Å²) in [5.74, 6) is 0.376. The molecule has 9 rings (SSSR count). The van der Waals surface area contributed by atoms with Gasteiger partial charge in [0.15, 0.2) is 0 Å². The summed E-state index contributed by atoms with van der Waals surface area (Å²) in [6.07, 6.45) is 6.85. The number of rotatable bonds is 7. The Bertz CT molecular complexity index is 2150. The first-order valence-corrected chi connectivity index (χ1v) is 18.1. The average Bonchev–Trinajstić information content (AvgIpc) is 3.51. The Morgan fingerprint density at radius 3 is 1.98 bits per heavy atom. The zero-order valence-electron chi connectivity index (χ0n) is 28.9. The summed E-state index contributed by atoms with van der Waals surface area (Å²) in [6, 6.07) is 56.6. The molecule has 0 saturated carbocycles. The predicted octanol–water partition coefficient (Wildman–Crippen LogP) is 9.97. The molecule has 3 nitrogen and oxygen atoms in total. The van der Waals surface area contributed by atoms with Crippen LogP contribution in [0.5, 0.6) is 0 Å². The molecule has 2 unspecified atom stereocenters. The first-order valence-electron chi connectivity index (χ1n) is 18.1. The quantitative estimate of drug-likeness (QED) is 0.137.